The Kier molecular flexibility index (Phi) is 5.58. The molecular formula is C11H9BrF4O2. The van der Waals surface area contributed by atoms with E-state index in [1.807, 2.05) is 0 Å². The summed E-state index contributed by atoms with van der Waals surface area (Å²) >= 11 is 2.90. The van der Waals surface area contributed by atoms with E-state index in [1.54, 1.807) is 0 Å². The van der Waals surface area contributed by atoms with Gasteiger partial charge in [0.2, 0.25) is 0 Å². The largest absolute Gasteiger partial charge is 0.434 e. The van der Waals surface area contributed by atoms with E-state index in [0.717, 1.165) is 6.07 Å². The Bertz CT molecular complexity index is 424. The molecule has 0 atom stereocenters. The summed E-state index contributed by atoms with van der Waals surface area (Å²) in [5.74, 6) is -0.925. The Morgan fingerprint density at radius 3 is 2.44 bits per heavy atom. The monoisotopic (exact) mass is 328 g/mol. The van der Waals surface area contributed by atoms with E-state index in [2.05, 4.69) is 20.7 Å². The molecule has 0 fully saturated rings. The summed E-state index contributed by atoms with van der Waals surface area (Å²) in [5.41, 5.74) is -0.667. The molecule has 0 saturated heterocycles. The van der Waals surface area contributed by atoms with E-state index < -0.39 is 24.3 Å². The van der Waals surface area contributed by atoms with Gasteiger partial charge in [0.15, 0.2) is 0 Å². The normalized spacial score (nSPS) is 11.1. The molecule has 0 amide bonds. The van der Waals surface area contributed by atoms with Gasteiger partial charge in [0.1, 0.15) is 11.5 Å². The molecule has 0 aliphatic carbocycles. The second-order valence-corrected chi connectivity index (χ2v) is 3.92. The first-order valence-corrected chi connectivity index (χ1v) is 6.00. The van der Waals surface area contributed by atoms with Crippen LogP contribution in [0, 0.1) is 0 Å². The number of Topliss-reactive ketones (excluding diaryl/α,β-unsaturated/α-hetero) is 1. The fourth-order valence-corrected chi connectivity index (χ4v) is 1.65. The molecule has 0 unspecified atom stereocenters. The lowest BCUT2D eigenvalue weighted by Gasteiger charge is -2.13. The van der Waals surface area contributed by atoms with Crippen LogP contribution < -0.4 is 4.74 Å². The highest BCUT2D eigenvalue weighted by Crippen LogP contribution is 2.33. The van der Waals surface area contributed by atoms with Crippen molar-refractivity contribution < 1.29 is 27.1 Å². The predicted octanol–water partition coefficient (Wildman–Crippen LogP) is 3.73. The van der Waals surface area contributed by atoms with E-state index in [4.69, 9.17) is 0 Å². The van der Waals surface area contributed by atoms with E-state index in [0.29, 0.717) is 0 Å². The van der Waals surface area contributed by atoms with Crippen LogP contribution in [0.3, 0.4) is 0 Å². The van der Waals surface area contributed by atoms with Gasteiger partial charge in [-0.25, -0.2) is 8.78 Å². The smallest absolute Gasteiger partial charge is 0.387 e. The third kappa shape index (κ3) is 3.97. The van der Waals surface area contributed by atoms with Crippen LogP contribution in [0.5, 0.6) is 5.75 Å². The second kappa shape index (κ2) is 6.72. The van der Waals surface area contributed by atoms with Crippen LogP contribution in [-0.4, -0.2) is 17.7 Å². The first kappa shape index (κ1) is 14.9. The van der Waals surface area contributed by atoms with Crippen LogP contribution in [0.4, 0.5) is 17.6 Å². The van der Waals surface area contributed by atoms with Crippen molar-refractivity contribution >= 4 is 21.7 Å². The van der Waals surface area contributed by atoms with Crippen LogP contribution in [0.25, 0.3) is 0 Å². The molecule has 0 aromatic heterocycles. The number of ether oxygens (including phenoxy) is 1. The summed E-state index contributed by atoms with van der Waals surface area (Å²) in [6.45, 7) is -3.19. The van der Waals surface area contributed by atoms with Crippen LogP contribution in [-0.2, 0) is 11.2 Å². The van der Waals surface area contributed by atoms with Gasteiger partial charge in [-0.2, -0.15) is 8.78 Å². The molecule has 1 rings (SSSR count). The van der Waals surface area contributed by atoms with Crippen molar-refractivity contribution in [2.45, 2.75) is 19.5 Å². The predicted molar refractivity (Wildman–Crippen MR) is 60.5 cm³/mol. The van der Waals surface area contributed by atoms with Crippen molar-refractivity contribution in [3.63, 3.8) is 0 Å². The summed E-state index contributed by atoms with van der Waals surface area (Å²) in [7, 11) is 0. The zero-order valence-electron chi connectivity index (χ0n) is 9.01. The molecule has 1 aromatic carbocycles. The first-order chi connectivity index (χ1) is 8.45. The van der Waals surface area contributed by atoms with Gasteiger partial charge in [0.25, 0.3) is 6.43 Å². The second-order valence-electron chi connectivity index (χ2n) is 3.36. The average Bonchev–Trinajstić information content (AvgIpc) is 2.27. The number of hydrogen-bond donors (Lipinski definition) is 0. The highest BCUT2D eigenvalue weighted by atomic mass is 79.9. The average molecular weight is 329 g/mol. The molecule has 0 N–H and O–H groups in total. The van der Waals surface area contributed by atoms with Crippen molar-refractivity contribution in [3.8, 4) is 5.75 Å². The number of halogens is 5. The van der Waals surface area contributed by atoms with Crippen LogP contribution in [0.1, 0.15) is 17.6 Å². The molecule has 1 aromatic rings. The van der Waals surface area contributed by atoms with Gasteiger partial charge in [0, 0.05) is 6.42 Å². The van der Waals surface area contributed by atoms with Crippen molar-refractivity contribution in [3.05, 3.63) is 29.3 Å². The standard InChI is InChI=1S/C11H9BrF4O2/c12-5-7(17)4-6-2-1-3-8(18-11(15)16)9(6)10(13)14/h1-3,10-11H,4-5H2. The van der Waals surface area contributed by atoms with Gasteiger partial charge in [0.05, 0.1) is 10.9 Å². The quantitative estimate of drug-likeness (QED) is 0.587. The van der Waals surface area contributed by atoms with Gasteiger partial charge in [-0.05, 0) is 11.6 Å². The number of alkyl halides is 5. The molecule has 0 heterocycles. The lowest BCUT2D eigenvalue weighted by atomic mass is 10.0. The summed E-state index contributed by atoms with van der Waals surface area (Å²) in [5, 5.41) is 0.00953. The molecule has 0 saturated carbocycles. The maximum absolute atomic E-state index is 12.8. The summed E-state index contributed by atoms with van der Waals surface area (Å²) in [6.07, 6.45) is -3.25. The van der Waals surface area contributed by atoms with Gasteiger partial charge < -0.3 is 4.74 Å². The molecule has 7 heteroatoms. The SMILES string of the molecule is O=C(CBr)Cc1cccc(OC(F)F)c1C(F)F. The molecule has 18 heavy (non-hydrogen) atoms. The number of carbonyl (C=O) groups excluding carboxylic acids is 1. The highest BCUT2D eigenvalue weighted by molar-refractivity contribution is 9.09. The Labute approximate surface area is 109 Å². The summed E-state index contributed by atoms with van der Waals surface area (Å²) in [4.78, 5) is 11.2. The van der Waals surface area contributed by atoms with Crippen molar-refractivity contribution in [1.29, 1.82) is 0 Å². The van der Waals surface area contributed by atoms with Crippen molar-refractivity contribution in [1.82, 2.24) is 0 Å². The van der Waals surface area contributed by atoms with Gasteiger partial charge in [-0.1, -0.05) is 28.1 Å². The summed E-state index contributed by atoms with van der Waals surface area (Å²) in [6, 6.07) is 3.61. The Morgan fingerprint density at radius 1 is 1.28 bits per heavy atom. The highest BCUT2D eigenvalue weighted by Gasteiger charge is 2.22. The minimum Gasteiger partial charge on any atom is -0.434 e. The number of rotatable bonds is 6. The topological polar surface area (TPSA) is 26.3 Å². The lowest BCUT2D eigenvalue weighted by molar-refractivity contribution is -0.115. The van der Waals surface area contributed by atoms with Crippen molar-refractivity contribution in [2.75, 3.05) is 5.33 Å². The molecular weight excluding hydrogens is 320 g/mol. The zero-order valence-corrected chi connectivity index (χ0v) is 10.6. The van der Waals surface area contributed by atoms with E-state index in [9.17, 15) is 22.4 Å². The zero-order chi connectivity index (χ0) is 13.7. The maximum atomic E-state index is 12.8. The Morgan fingerprint density at radius 2 is 1.94 bits per heavy atom. The third-order valence-electron chi connectivity index (χ3n) is 2.13. The van der Waals surface area contributed by atoms with Crippen molar-refractivity contribution in [2.24, 2.45) is 0 Å². The fourth-order valence-electron chi connectivity index (χ4n) is 1.45. The van der Waals surface area contributed by atoms with Crippen LogP contribution in [0.2, 0.25) is 0 Å². The lowest BCUT2D eigenvalue weighted by Crippen LogP contribution is -2.10. The van der Waals surface area contributed by atoms with E-state index in [-0.39, 0.29) is 23.1 Å². The number of benzene rings is 1. The van der Waals surface area contributed by atoms with E-state index >= 15 is 0 Å². The molecule has 2 nitrogen and oxygen atoms in total. The van der Waals surface area contributed by atoms with Crippen LogP contribution in [0.15, 0.2) is 18.2 Å². The molecule has 0 bridgehead atoms. The Balaban J connectivity index is 3.13. The Hall–Kier alpha value is -1.11. The minimum absolute atomic E-state index is 0.00685. The molecule has 100 valence electrons. The molecule has 0 spiro atoms. The third-order valence-corrected chi connectivity index (χ3v) is 2.75. The van der Waals surface area contributed by atoms with Gasteiger partial charge in [-0.15, -0.1) is 0 Å². The van der Waals surface area contributed by atoms with E-state index in [1.165, 1.54) is 12.1 Å². The maximum Gasteiger partial charge on any atom is 0.387 e. The number of ketones is 1. The molecule has 0 aliphatic heterocycles. The summed E-state index contributed by atoms with van der Waals surface area (Å²) < 4.78 is 53.9. The fraction of sp³-hybridized carbons (Fsp3) is 0.364. The van der Waals surface area contributed by atoms with Gasteiger partial charge in [-0.3, -0.25) is 4.79 Å². The number of hydrogen-bond acceptors (Lipinski definition) is 2. The van der Waals surface area contributed by atoms with Gasteiger partial charge >= 0.3 is 6.61 Å². The minimum atomic E-state index is -3.19. The molecule has 0 radical (unpaired) electrons. The van der Waals surface area contributed by atoms with Crippen LogP contribution >= 0.6 is 15.9 Å². The number of carbonyl (C=O) groups is 1. The molecule has 0 aliphatic rings. The first-order valence-electron chi connectivity index (χ1n) is 4.88.